The van der Waals surface area contributed by atoms with Gasteiger partial charge in [-0.25, -0.2) is 0 Å². The van der Waals surface area contributed by atoms with Gasteiger partial charge in [0.1, 0.15) is 0 Å². The number of fused-ring (bicyclic) bond motifs is 1. The third-order valence-electron chi connectivity index (χ3n) is 4.33. The molecule has 1 saturated carbocycles. The van der Waals surface area contributed by atoms with Crippen LogP contribution in [0.2, 0.25) is 0 Å². The number of amides is 1. The third-order valence-corrected chi connectivity index (χ3v) is 4.33. The van der Waals surface area contributed by atoms with Gasteiger partial charge in [-0.2, -0.15) is 0 Å². The monoisotopic (exact) mass is 242 g/mol. The van der Waals surface area contributed by atoms with Gasteiger partial charge < -0.3 is 4.90 Å². The average Bonchev–Trinajstić information content (AvgIpc) is 2.47. The van der Waals surface area contributed by atoms with Crippen LogP contribution in [0.5, 0.6) is 0 Å². The van der Waals surface area contributed by atoms with Crippen LogP contribution in [0.25, 0.3) is 0 Å². The Kier molecular flexibility index (Phi) is 3.35. The predicted octanol–water partition coefficient (Wildman–Crippen LogP) is 2.95. The lowest BCUT2D eigenvalue weighted by Gasteiger charge is -2.33. The molecule has 1 radical (unpaired) electrons. The molecule has 95 valence electrons. The molecular weight excluding hydrogens is 222 g/mol. The van der Waals surface area contributed by atoms with E-state index in [0.29, 0.717) is 11.8 Å². The number of carbonyl (C=O) groups is 1. The molecule has 0 atom stereocenters. The molecule has 2 heteroatoms. The zero-order valence-corrected chi connectivity index (χ0v) is 10.8. The Labute approximate surface area is 109 Å². The fourth-order valence-electron chi connectivity index (χ4n) is 3.22. The Bertz CT molecular complexity index is 434. The zero-order valence-electron chi connectivity index (χ0n) is 10.8. The van der Waals surface area contributed by atoms with E-state index in [0.717, 1.165) is 32.4 Å². The molecule has 0 N–H and O–H groups in total. The Morgan fingerprint density at radius 1 is 1.22 bits per heavy atom. The van der Waals surface area contributed by atoms with Gasteiger partial charge in [0, 0.05) is 19.0 Å². The van der Waals surface area contributed by atoms with Crippen LogP contribution in [-0.4, -0.2) is 17.4 Å². The second-order valence-electron chi connectivity index (χ2n) is 5.54. The zero-order chi connectivity index (χ0) is 12.4. The van der Waals surface area contributed by atoms with Crippen LogP contribution in [0, 0.1) is 12.0 Å². The summed E-state index contributed by atoms with van der Waals surface area (Å²) in [5.74, 6) is 0.698. The van der Waals surface area contributed by atoms with Gasteiger partial charge in [-0.1, -0.05) is 37.5 Å². The van der Waals surface area contributed by atoms with Gasteiger partial charge in [0.2, 0.25) is 5.91 Å². The topological polar surface area (TPSA) is 20.3 Å². The van der Waals surface area contributed by atoms with E-state index < -0.39 is 0 Å². The van der Waals surface area contributed by atoms with Crippen molar-refractivity contribution >= 4 is 5.91 Å². The molecular formula is C16H20NO. The Balaban J connectivity index is 1.69. The molecule has 0 saturated heterocycles. The number of rotatable bonds is 1. The largest absolute Gasteiger partial charge is 0.338 e. The molecule has 0 bridgehead atoms. The SMILES string of the molecule is O=C(C1CCCCC1)N1CCc2c[c]ccc2C1. The van der Waals surface area contributed by atoms with Gasteiger partial charge in [-0.15, -0.1) is 0 Å². The first-order valence-corrected chi connectivity index (χ1v) is 7.11. The summed E-state index contributed by atoms with van der Waals surface area (Å²) < 4.78 is 0. The van der Waals surface area contributed by atoms with Crippen molar-refractivity contribution in [2.45, 2.75) is 45.1 Å². The molecule has 0 spiro atoms. The van der Waals surface area contributed by atoms with Gasteiger partial charge >= 0.3 is 0 Å². The fourth-order valence-corrected chi connectivity index (χ4v) is 3.22. The minimum absolute atomic E-state index is 0.301. The second-order valence-corrected chi connectivity index (χ2v) is 5.54. The molecule has 1 aliphatic carbocycles. The highest BCUT2D eigenvalue weighted by Gasteiger charge is 2.27. The summed E-state index contributed by atoms with van der Waals surface area (Å²) in [7, 11) is 0. The Morgan fingerprint density at radius 2 is 2.06 bits per heavy atom. The predicted molar refractivity (Wildman–Crippen MR) is 71.0 cm³/mol. The standard InChI is InChI=1S/C16H20NO/c18-16(14-7-2-1-3-8-14)17-11-10-13-6-4-5-9-15(13)12-17/h5-6,9,14H,1-3,7-8,10-12H2. The third kappa shape index (κ3) is 2.29. The first kappa shape index (κ1) is 11.8. The number of nitrogens with zero attached hydrogens (tertiary/aromatic N) is 1. The Morgan fingerprint density at radius 3 is 2.89 bits per heavy atom. The van der Waals surface area contributed by atoms with E-state index >= 15 is 0 Å². The highest BCUT2D eigenvalue weighted by molar-refractivity contribution is 5.79. The lowest BCUT2D eigenvalue weighted by molar-refractivity contribution is -0.137. The van der Waals surface area contributed by atoms with Crippen LogP contribution >= 0.6 is 0 Å². The highest BCUT2D eigenvalue weighted by atomic mass is 16.2. The summed E-state index contributed by atoms with van der Waals surface area (Å²) in [5.41, 5.74) is 2.68. The van der Waals surface area contributed by atoms with Crippen molar-refractivity contribution < 1.29 is 4.79 Å². The lowest BCUT2D eigenvalue weighted by Crippen LogP contribution is -2.40. The summed E-state index contributed by atoms with van der Waals surface area (Å²) in [5, 5.41) is 0. The van der Waals surface area contributed by atoms with Crippen LogP contribution in [0.1, 0.15) is 43.2 Å². The van der Waals surface area contributed by atoms with Crippen molar-refractivity contribution in [3.8, 4) is 0 Å². The fraction of sp³-hybridized carbons (Fsp3) is 0.562. The van der Waals surface area contributed by atoms with Gasteiger partial charge in [-0.3, -0.25) is 4.79 Å². The van der Waals surface area contributed by atoms with Crippen LogP contribution in [-0.2, 0) is 17.8 Å². The average molecular weight is 242 g/mol. The highest BCUT2D eigenvalue weighted by Crippen LogP contribution is 2.27. The van der Waals surface area contributed by atoms with Crippen LogP contribution in [0.4, 0.5) is 0 Å². The summed E-state index contributed by atoms with van der Waals surface area (Å²) in [6.07, 6.45) is 6.97. The summed E-state index contributed by atoms with van der Waals surface area (Å²) >= 11 is 0. The minimum Gasteiger partial charge on any atom is -0.338 e. The van der Waals surface area contributed by atoms with Crippen LogP contribution < -0.4 is 0 Å². The molecule has 1 aromatic rings. The number of hydrogen-bond donors (Lipinski definition) is 0. The summed E-state index contributed by atoms with van der Waals surface area (Å²) in [6, 6.07) is 9.25. The molecule has 18 heavy (non-hydrogen) atoms. The smallest absolute Gasteiger partial charge is 0.225 e. The van der Waals surface area contributed by atoms with Gasteiger partial charge in [0.05, 0.1) is 0 Å². The first-order chi connectivity index (χ1) is 8.84. The number of benzene rings is 1. The van der Waals surface area contributed by atoms with Crippen molar-refractivity contribution in [2.24, 2.45) is 5.92 Å². The molecule has 0 unspecified atom stereocenters. The second kappa shape index (κ2) is 5.13. The van der Waals surface area contributed by atoms with Crippen molar-refractivity contribution in [3.63, 3.8) is 0 Å². The van der Waals surface area contributed by atoms with Crippen molar-refractivity contribution in [1.29, 1.82) is 0 Å². The maximum atomic E-state index is 12.5. The maximum absolute atomic E-state index is 12.5. The quantitative estimate of drug-likeness (QED) is 0.741. The molecule has 1 aromatic carbocycles. The molecule has 2 nitrogen and oxygen atoms in total. The summed E-state index contributed by atoms with van der Waals surface area (Å²) in [4.78, 5) is 14.5. The normalized spacial score (nSPS) is 20.6. The van der Waals surface area contributed by atoms with Crippen molar-refractivity contribution in [1.82, 2.24) is 4.90 Å². The van der Waals surface area contributed by atoms with Gasteiger partial charge in [0.25, 0.3) is 0 Å². The summed E-state index contributed by atoms with van der Waals surface area (Å²) in [6.45, 7) is 1.69. The van der Waals surface area contributed by atoms with E-state index in [1.807, 2.05) is 6.07 Å². The molecule has 1 fully saturated rings. The van der Waals surface area contributed by atoms with Crippen LogP contribution in [0.15, 0.2) is 18.2 Å². The maximum Gasteiger partial charge on any atom is 0.225 e. The minimum atomic E-state index is 0.301. The van der Waals surface area contributed by atoms with E-state index in [1.165, 1.54) is 30.4 Å². The van der Waals surface area contributed by atoms with Crippen LogP contribution in [0.3, 0.4) is 0 Å². The van der Waals surface area contributed by atoms with E-state index in [2.05, 4.69) is 23.1 Å². The molecule has 1 amide bonds. The number of hydrogen-bond acceptors (Lipinski definition) is 1. The van der Waals surface area contributed by atoms with Crippen molar-refractivity contribution in [3.05, 3.63) is 35.4 Å². The van der Waals surface area contributed by atoms with E-state index in [1.54, 1.807) is 0 Å². The first-order valence-electron chi connectivity index (χ1n) is 7.11. The molecule has 1 aliphatic heterocycles. The van der Waals surface area contributed by atoms with Gasteiger partial charge in [0.15, 0.2) is 0 Å². The van der Waals surface area contributed by atoms with E-state index in [9.17, 15) is 4.79 Å². The van der Waals surface area contributed by atoms with E-state index in [-0.39, 0.29) is 0 Å². The number of carbonyl (C=O) groups excluding carboxylic acids is 1. The van der Waals surface area contributed by atoms with Crippen molar-refractivity contribution in [2.75, 3.05) is 6.54 Å². The lowest BCUT2D eigenvalue weighted by atomic mass is 9.87. The molecule has 0 aromatic heterocycles. The molecule has 2 aliphatic rings. The van der Waals surface area contributed by atoms with E-state index in [4.69, 9.17) is 0 Å². The Hall–Kier alpha value is -1.31. The molecule has 1 heterocycles. The molecule has 3 rings (SSSR count). The van der Waals surface area contributed by atoms with Gasteiger partial charge in [-0.05, 0) is 36.5 Å².